The van der Waals surface area contributed by atoms with Crippen molar-refractivity contribution in [2.45, 2.75) is 52.6 Å². The van der Waals surface area contributed by atoms with Crippen LogP contribution in [0.2, 0.25) is 5.02 Å². The molecule has 2 atom stereocenters. The summed E-state index contributed by atoms with van der Waals surface area (Å²) in [5.41, 5.74) is 2.16. The molecule has 1 fully saturated rings. The van der Waals surface area contributed by atoms with E-state index >= 15 is 0 Å². The zero-order valence-corrected chi connectivity index (χ0v) is 14.4. The fourth-order valence-corrected chi connectivity index (χ4v) is 4.43. The van der Waals surface area contributed by atoms with E-state index in [0.717, 1.165) is 36.1 Å². The summed E-state index contributed by atoms with van der Waals surface area (Å²) in [6.07, 6.45) is 3.50. The van der Waals surface area contributed by atoms with Gasteiger partial charge in [-0.3, -0.25) is 4.68 Å². The smallest absolute Gasteiger partial charge is 0.0847 e. The molecule has 1 aromatic rings. The van der Waals surface area contributed by atoms with Gasteiger partial charge in [0.25, 0.3) is 0 Å². The molecule has 1 aliphatic rings. The third-order valence-corrected chi connectivity index (χ3v) is 5.74. The molecule has 3 nitrogen and oxygen atoms in total. The molecule has 2 rings (SSSR count). The van der Waals surface area contributed by atoms with Gasteiger partial charge in [-0.2, -0.15) is 16.9 Å². The molecule has 0 spiro atoms. The highest BCUT2D eigenvalue weighted by Crippen LogP contribution is 2.30. The Morgan fingerprint density at radius 3 is 2.90 bits per heavy atom. The monoisotopic (exact) mass is 315 g/mol. The number of rotatable bonds is 7. The highest BCUT2D eigenvalue weighted by molar-refractivity contribution is 7.99. The third-order valence-electron chi connectivity index (χ3n) is 4.06. The minimum atomic E-state index is 0.531. The maximum Gasteiger partial charge on any atom is 0.0847 e. The molecule has 1 saturated heterocycles. The lowest BCUT2D eigenvalue weighted by Crippen LogP contribution is -2.39. The first-order valence-corrected chi connectivity index (χ1v) is 9.23. The maximum atomic E-state index is 6.46. The highest BCUT2D eigenvalue weighted by atomic mass is 35.5. The zero-order valence-electron chi connectivity index (χ0n) is 12.8. The van der Waals surface area contributed by atoms with Gasteiger partial charge in [0.1, 0.15) is 0 Å². The average molecular weight is 316 g/mol. The summed E-state index contributed by atoms with van der Waals surface area (Å²) < 4.78 is 2.07. The first-order valence-electron chi connectivity index (χ1n) is 7.70. The maximum absolute atomic E-state index is 6.46. The Labute approximate surface area is 131 Å². The number of hydrogen-bond acceptors (Lipinski definition) is 3. The van der Waals surface area contributed by atoms with E-state index < -0.39 is 0 Å². The topological polar surface area (TPSA) is 29.9 Å². The highest BCUT2D eigenvalue weighted by Gasteiger charge is 2.27. The lowest BCUT2D eigenvalue weighted by atomic mass is 9.94. The predicted molar refractivity (Wildman–Crippen MR) is 88.9 cm³/mol. The summed E-state index contributed by atoms with van der Waals surface area (Å²) in [5.74, 6) is 3.34. The summed E-state index contributed by atoms with van der Waals surface area (Å²) in [4.78, 5) is 0. The van der Waals surface area contributed by atoms with Crippen LogP contribution in [-0.2, 0) is 13.0 Å². The van der Waals surface area contributed by atoms with Crippen LogP contribution in [0, 0.1) is 12.8 Å². The van der Waals surface area contributed by atoms with Crippen LogP contribution in [-0.4, -0.2) is 33.9 Å². The Hall–Kier alpha value is -0.190. The fraction of sp³-hybridized carbons (Fsp3) is 0.800. The Morgan fingerprint density at radius 1 is 1.50 bits per heavy atom. The van der Waals surface area contributed by atoms with Crippen molar-refractivity contribution in [1.82, 2.24) is 15.1 Å². The molecule has 114 valence electrons. The van der Waals surface area contributed by atoms with E-state index in [0.29, 0.717) is 6.04 Å². The lowest BCUT2D eigenvalue weighted by Gasteiger charge is -2.24. The van der Waals surface area contributed by atoms with Crippen LogP contribution >= 0.6 is 23.4 Å². The van der Waals surface area contributed by atoms with Crippen LogP contribution in [0.4, 0.5) is 0 Å². The van der Waals surface area contributed by atoms with Crippen LogP contribution in [0.25, 0.3) is 0 Å². The fourth-order valence-electron chi connectivity index (χ4n) is 2.88. The molecular weight excluding hydrogens is 290 g/mol. The van der Waals surface area contributed by atoms with Crippen molar-refractivity contribution in [2.24, 2.45) is 5.92 Å². The van der Waals surface area contributed by atoms with Gasteiger partial charge in [0, 0.05) is 19.0 Å². The van der Waals surface area contributed by atoms with Gasteiger partial charge in [-0.1, -0.05) is 18.5 Å². The Bertz CT molecular complexity index is 427. The molecule has 0 aromatic carbocycles. The van der Waals surface area contributed by atoms with Gasteiger partial charge in [-0.15, -0.1) is 0 Å². The first kappa shape index (κ1) is 16.2. The molecule has 1 aromatic heterocycles. The number of halogens is 1. The van der Waals surface area contributed by atoms with Crippen molar-refractivity contribution in [3.05, 3.63) is 16.4 Å². The van der Waals surface area contributed by atoms with Gasteiger partial charge in [0.05, 0.1) is 16.4 Å². The molecule has 20 heavy (non-hydrogen) atoms. The van der Waals surface area contributed by atoms with Crippen LogP contribution in [0.5, 0.6) is 0 Å². The Morgan fingerprint density at radius 2 is 2.30 bits per heavy atom. The molecule has 2 heterocycles. The van der Waals surface area contributed by atoms with Crippen molar-refractivity contribution in [2.75, 3.05) is 18.1 Å². The van der Waals surface area contributed by atoms with Crippen LogP contribution in [0.3, 0.4) is 0 Å². The SMILES string of the molecule is CCCNC(Cc1c(Cl)c(C)nn1CC)C1CCSC1. The second-order valence-electron chi connectivity index (χ2n) is 5.55. The number of nitrogens with zero attached hydrogens (tertiary/aromatic N) is 2. The van der Waals surface area contributed by atoms with E-state index in [9.17, 15) is 0 Å². The quantitative estimate of drug-likeness (QED) is 0.835. The van der Waals surface area contributed by atoms with E-state index in [2.05, 4.69) is 40.7 Å². The molecule has 0 aliphatic carbocycles. The molecule has 0 bridgehead atoms. The second-order valence-corrected chi connectivity index (χ2v) is 7.08. The molecule has 1 N–H and O–H groups in total. The average Bonchev–Trinajstić information content (AvgIpc) is 3.06. The van der Waals surface area contributed by atoms with Crippen LogP contribution in [0.1, 0.15) is 38.1 Å². The van der Waals surface area contributed by atoms with Crippen molar-refractivity contribution in [3.8, 4) is 0 Å². The van der Waals surface area contributed by atoms with Crippen molar-refractivity contribution in [1.29, 1.82) is 0 Å². The van der Waals surface area contributed by atoms with E-state index in [-0.39, 0.29) is 0 Å². The molecule has 2 unspecified atom stereocenters. The summed E-state index contributed by atoms with van der Waals surface area (Å²) in [6, 6.07) is 0.531. The van der Waals surface area contributed by atoms with E-state index in [1.165, 1.54) is 30.0 Å². The van der Waals surface area contributed by atoms with E-state index in [1.807, 2.05) is 6.92 Å². The summed E-state index contributed by atoms with van der Waals surface area (Å²) in [7, 11) is 0. The van der Waals surface area contributed by atoms with Gasteiger partial charge in [-0.25, -0.2) is 0 Å². The number of nitrogens with one attached hydrogen (secondary N) is 1. The molecule has 0 saturated carbocycles. The summed E-state index contributed by atoms with van der Waals surface area (Å²) in [6.45, 7) is 8.33. The van der Waals surface area contributed by atoms with Crippen molar-refractivity contribution >= 4 is 23.4 Å². The summed E-state index contributed by atoms with van der Waals surface area (Å²) in [5, 5.41) is 9.14. The minimum absolute atomic E-state index is 0.531. The number of aryl methyl sites for hydroxylation is 2. The third kappa shape index (κ3) is 3.71. The minimum Gasteiger partial charge on any atom is -0.313 e. The number of thioether (sulfide) groups is 1. The first-order chi connectivity index (χ1) is 9.67. The summed E-state index contributed by atoms with van der Waals surface area (Å²) >= 11 is 8.54. The van der Waals surface area contributed by atoms with E-state index in [4.69, 9.17) is 11.6 Å². The standard InChI is InChI=1S/C15H26ClN3S/c1-4-7-17-13(12-6-8-20-10-12)9-14-15(16)11(3)18-19(14)5-2/h12-13,17H,4-10H2,1-3H3. The lowest BCUT2D eigenvalue weighted by molar-refractivity contribution is 0.372. The zero-order chi connectivity index (χ0) is 14.5. The Kier molecular flexibility index (Phi) is 6.24. The molecular formula is C15H26ClN3S. The van der Waals surface area contributed by atoms with Gasteiger partial charge in [0.2, 0.25) is 0 Å². The van der Waals surface area contributed by atoms with Gasteiger partial charge in [-0.05, 0) is 50.7 Å². The van der Waals surface area contributed by atoms with Crippen LogP contribution < -0.4 is 5.32 Å². The predicted octanol–water partition coefficient (Wildman–Crippen LogP) is 3.53. The number of hydrogen-bond donors (Lipinski definition) is 1. The van der Waals surface area contributed by atoms with Crippen molar-refractivity contribution in [3.63, 3.8) is 0 Å². The van der Waals surface area contributed by atoms with Gasteiger partial charge < -0.3 is 5.32 Å². The van der Waals surface area contributed by atoms with Gasteiger partial charge >= 0.3 is 0 Å². The van der Waals surface area contributed by atoms with E-state index in [1.54, 1.807) is 0 Å². The largest absolute Gasteiger partial charge is 0.313 e. The van der Waals surface area contributed by atoms with Crippen molar-refractivity contribution < 1.29 is 0 Å². The number of aromatic nitrogens is 2. The molecule has 0 amide bonds. The molecule has 1 aliphatic heterocycles. The molecule has 0 radical (unpaired) electrons. The molecule has 5 heteroatoms. The Balaban J connectivity index is 2.13. The second kappa shape index (κ2) is 7.71. The normalized spacial score (nSPS) is 20.5. The van der Waals surface area contributed by atoms with Gasteiger partial charge in [0.15, 0.2) is 0 Å². The van der Waals surface area contributed by atoms with Crippen LogP contribution in [0.15, 0.2) is 0 Å².